The normalized spacial score (nSPS) is 13.8. The summed E-state index contributed by atoms with van der Waals surface area (Å²) in [6.45, 7) is 0.608. The molecule has 0 N–H and O–H groups in total. The standard InChI is InChI=1S/C8H8N2O3S/c1-13-7(12)5-4-9-8-10(6(5)11)2-3-14-8/h4H,2-3H2,1H3. The molecule has 2 heterocycles. The SMILES string of the molecule is COC(=O)c1cnc2n(c1=O)CCS2. The van der Waals surface area contributed by atoms with Crippen molar-refractivity contribution in [2.45, 2.75) is 11.7 Å². The van der Waals surface area contributed by atoms with Crippen molar-refractivity contribution >= 4 is 17.7 Å². The van der Waals surface area contributed by atoms with Gasteiger partial charge in [-0.3, -0.25) is 9.36 Å². The van der Waals surface area contributed by atoms with Crippen LogP contribution in [0.15, 0.2) is 16.1 Å². The lowest BCUT2D eigenvalue weighted by Gasteiger charge is -2.02. The van der Waals surface area contributed by atoms with Crippen LogP contribution in [0.25, 0.3) is 0 Å². The van der Waals surface area contributed by atoms with Crippen molar-refractivity contribution in [3.8, 4) is 0 Å². The highest BCUT2D eigenvalue weighted by molar-refractivity contribution is 7.99. The Bertz CT molecular complexity index is 441. The van der Waals surface area contributed by atoms with E-state index in [0.29, 0.717) is 11.7 Å². The molecule has 0 spiro atoms. The fraction of sp³-hybridized carbons (Fsp3) is 0.375. The molecule has 0 bridgehead atoms. The summed E-state index contributed by atoms with van der Waals surface area (Å²) in [7, 11) is 1.24. The number of hydrogen-bond acceptors (Lipinski definition) is 5. The first kappa shape index (κ1) is 9.26. The molecule has 1 aromatic heterocycles. The van der Waals surface area contributed by atoms with E-state index in [1.165, 1.54) is 29.6 Å². The molecule has 0 amide bonds. The van der Waals surface area contributed by atoms with Gasteiger partial charge >= 0.3 is 5.97 Å². The Balaban J connectivity index is 2.56. The topological polar surface area (TPSA) is 61.2 Å². The molecule has 0 unspecified atom stereocenters. The number of nitrogens with zero attached hydrogens (tertiary/aromatic N) is 2. The van der Waals surface area contributed by atoms with Crippen LogP contribution in [0.3, 0.4) is 0 Å². The second-order valence-corrected chi connectivity index (χ2v) is 3.81. The van der Waals surface area contributed by atoms with Gasteiger partial charge in [-0.2, -0.15) is 0 Å². The first-order chi connectivity index (χ1) is 6.74. The van der Waals surface area contributed by atoms with Crippen molar-refractivity contribution in [1.82, 2.24) is 9.55 Å². The van der Waals surface area contributed by atoms with Gasteiger partial charge in [0.15, 0.2) is 5.16 Å². The summed E-state index contributed by atoms with van der Waals surface area (Å²) >= 11 is 1.51. The molecule has 74 valence electrons. The van der Waals surface area contributed by atoms with Gasteiger partial charge in [0.25, 0.3) is 5.56 Å². The molecule has 1 aliphatic heterocycles. The molecule has 0 saturated heterocycles. The third-order valence-electron chi connectivity index (χ3n) is 1.96. The quantitative estimate of drug-likeness (QED) is 0.489. The molecule has 0 aliphatic carbocycles. The molecule has 2 rings (SSSR count). The average molecular weight is 212 g/mol. The Morgan fingerprint density at radius 3 is 3.21 bits per heavy atom. The average Bonchev–Trinajstić information content (AvgIpc) is 2.66. The zero-order valence-electron chi connectivity index (χ0n) is 7.52. The van der Waals surface area contributed by atoms with Crippen LogP contribution in [0.4, 0.5) is 0 Å². The minimum Gasteiger partial charge on any atom is -0.465 e. The number of carbonyl (C=O) groups excluding carboxylic acids is 1. The number of thioether (sulfide) groups is 1. The summed E-state index contributed by atoms with van der Waals surface area (Å²) in [6, 6.07) is 0. The van der Waals surface area contributed by atoms with E-state index in [-0.39, 0.29) is 11.1 Å². The van der Waals surface area contributed by atoms with E-state index in [1.54, 1.807) is 0 Å². The van der Waals surface area contributed by atoms with Crippen molar-refractivity contribution in [2.75, 3.05) is 12.9 Å². The minimum atomic E-state index is -0.630. The van der Waals surface area contributed by atoms with Gasteiger partial charge in [0.2, 0.25) is 0 Å². The summed E-state index contributed by atoms with van der Waals surface area (Å²) < 4.78 is 5.97. The van der Waals surface area contributed by atoms with Gasteiger partial charge in [-0.25, -0.2) is 9.78 Å². The van der Waals surface area contributed by atoms with Gasteiger partial charge in [0.05, 0.1) is 7.11 Å². The lowest BCUT2D eigenvalue weighted by molar-refractivity contribution is 0.0597. The van der Waals surface area contributed by atoms with Gasteiger partial charge in [0.1, 0.15) is 5.56 Å². The zero-order valence-corrected chi connectivity index (χ0v) is 8.34. The van der Waals surface area contributed by atoms with E-state index in [0.717, 1.165) is 5.75 Å². The lowest BCUT2D eigenvalue weighted by atomic mass is 10.3. The maximum absolute atomic E-state index is 11.7. The predicted octanol–water partition coefficient (Wildman–Crippen LogP) is 0.136. The molecule has 0 aromatic carbocycles. The number of esters is 1. The van der Waals surface area contributed by atoms with E-state index in [9.17, 15) is 9.59 Å². The Kier molecular flexibility index (Phi) is 2.28. The smallest absolute Gasteiger partial charge is 0.345 e. The molecule has 0 radical (unpaired) electrons. The van der Waals surface area contributed by atoms with Gasteiger partial charge in [-0.15, -0.1) is 0 Å². The minimum absolute atomic E-state index is 0.00116. The van der Waals surface area contributed by atoms with Crippen LogP contribution in [0, 0.1) is 0 Å². The number of methoxy groups -OCH3 is 1. The number of fused-ring (bicyclic) bond motifs is 1. The summed E-state index contributed by atoms with van der Waals surface area (Å²) in [5.74, 6) is 0.196. The summed E-state index contributed by atoms with van der Waals surface area (Å²) in [5, 5.41) is 0.669. The first-order valence-electron chi connectivity index (χ1n) is 4.05. The van der Waals surface area contributed by atoms with Gasteiger partial charge in [-0.05, 0) is 0 Å². The van der Waals surface area contributed by atoms with Crippen LogP contribution in [-0.4, -0.2) is 28.4 Å². The summed E-state index contributed by atoms with van der Waals surface area (Å²) in [4.78, 5) is 26.8. The zero-order chi connectivity index (χ0) is 10.1. The van der Waals surface area contributed by atoms with E-state index >= 15 is 0 Å². The Labute approximate surface area is 84.1 Å². The van der Waals surface area contributed by atoms with E-state index in [2.05, 4.69) is 9.72 Å². The Morgan fingerprint density at radius 2 is 2.50 bits per heavy atom. The van der Waals surface area contributed by atoms with Crippen molar-refractivity contribution in [3.05, 3.63) is 22.1 Å². The van der Waals surface area contributed by atoms with Crippen molar-refractivity contribution in [3.63, 3.8) is 0 Å². The molecular weight excluding hydrogens is 204 g/mol. The number of rotatable bonds is 1. The Hall–Kier alpha value is -1.30. The number of carbonyl (C=O) groups is 1. The van der Waals surface area contributed by atoms with Crippen molar-refractivity contribution < 1.29 is 9.53 Å². The highest BCUT2D eigenvalue weighted by Crippen LogP contribution is 2.20. The van der Waals surface area contributed by atoms with Crippen LogP contribution in [0.1, 0.15) is 10.4 Å². The van der Waals surface area contributed by atoms with E-state index < -0.39 is 5.97 Å². The van der Waals surface area contributed by atoms with Crippen LogP contribution >= 0.6 is 11.8 Å². The highest BCUT2D eigenvalue weighted by atomic mass is 32.2. The molecule has 1 aliphatic rings. The molecule has 1 aromatic rings. The molecular formula is C8H8N2O3S. The number of ether oxygens (including phenoxy) is 1. The third-order valence-corrected chi connectivity index (χ3v) is 2.93. The maximum Gasteiger partial charge on any atom is 0.345 e. The number of hydrogen-bond donors (Lipinski definition) is 0. The lowest BCUT2D eigenvalue weighted by Crippen LogP contribution is -2.27. The van der Waals surface area contributed by atoms with E-state index in [4.69, 9.17) is 0 Å². The van der Waals surface area contributed by atoms with Crippen LogP contribution in [0.2, 0.25) is 0 Å². The molecule has 6 heteroatoms. The summed E-state index contributed by atoms with van der Waals surface area (Å²) in [5.41, 5.74) is -0.314. The first-order valence-corrected chi connectivity index (χ1v) is 5.03. The summed E-state index contributed by atoms with van der Waals surface area (Å²) in [6.07, 6.45) is 1.28. The van der Waals surface area contributed by atoms with Crippen molar-refractivity contribution in [2.24, 2.45) is 0 Å². The molecule has 0 saturated carbocycles. The van der Waals surface area contributed by atoms with E-state index in [1.807, 2.05) is 0 Å². The van der Waals surface area contributed by atoms with Gasteiger partial charge in [-0.1, -0.05) is 11.8 Å². The van der Waals surface area contributed by atoms with Gasteiger partial charge < -0.3 is 4.74 Å². The third kappa shape index (κ3) is 1.31. The van der Waals surface area contributed by atoms with Crippen LogP contribution in [0.5, 0.6) is 0 Å². The Morgan fingerprint density at radius 1 is 1.71 bits per heavy atom. The number of aromatic nitrogens is 2. The molecule has 14 heavy (non-hydrogen) atoms. The van der Waals surface area contributed by atoms with Crippen molar-refractivity contribution in [1.29, 1.82) is 0 Å². The largest absolute Gasteiger partial charge is 0.465 e. The molecule has 5 nitrogen and oxygen atoms in total. The fourth-order valence-electron chi connectivity index (χ4n) is 1.27. The second-order valence-electron chi connectivity index (χ2n) is 2.75. The predicted molar refractivity (Wildman–Crippen MR) is 50.6 cm³/mol. The van der Waals surface area contributed by atoms with Crippen LogP contribution < -0.4 is 5.56 Å². The molecule has 0 atom stereocenters. The second kappa shape index (κ2) is 3.45. The monoisotopic (exact) mass is 212 g/mol. The highest BCUT2D eigenvalue weighted by Gasteiger charge is 2.19. The van der Waals surface area contributed by atoms with Gasteiger partial charge in [0, 0.05) is 18.5 Å². The fourth-order valence-corrected chi connectivity index (χ4v) is 2.18. The molecule has 0 fully saturated rings. The maximum atomic E-state index is 11.7. The van der Waals surface area contributed by atoms with Crippen LogP contribution in [-0.2, 0) is 11.3 Å².